The van der Waals surface area contributed by atoms with Gasteiger partial charge in [0.2, 0.25) is 0 Å². The summed E-state index contributed by atoms with van der Waals surface area (Å²) in [7, 11) is 0. The maximum Gasteiger partial charge on any atom is 0.110 e. The number of rotatable bonds is 0. The molecule has 0 radical (unpaired) electrons. The van der Waals surface area contributed by atoms with Gasteiger partial charge in [-0.2, -0.15) is 0 Å². The molecule has 1 spiro atoms. The minimum Gasteiger partial charge on any atom is -0.469 e. The molecule has 3 heteroatoms. The van der Waals surface area contributed by atoms with Crippen molar-refractivity contribution in [3.63, 3.8) is 0 Å². The van der Waals surface area contributed by atoms with Crippen molar-refractivity contribution in [3.8, 4) is 0 Å². The van der Waals surface area contributed by atoms with Gasteiger partial charge < -0.3 is 14.5 Å². The van der Waals surface area contributed by atoms with Gasteiger partial charge in [0.25, 0.3) is 0 Å². The van der Waals surface area contributed by atoms with Gasteiger partial charge in [0.1, 0.15) is 5.76 Å². The smallest absolute Gasteiger partial charge is 0.110 e. The van der Waals surface area contributed by atoms with Crippen molar-refractivity contribution in [1.82, 2.24) is 5.32 Å². The van der Waals surface area contributed by atoms with Crippen molar-refractivity contribution in [1.29, 1.82) is 0 Å². The van der Waals surface area contributed by atoms with Crippen LogP contribution in [0.3, 0.4) is 0 Å². The number of hydrogen-bond donors (Lipinski definition) is 1. The van der Waals surface area contributed by atoms with Crippen LogP contribution in [0.2, 0.25) is 0 Å². The van der Waals surface area contributed by atoms with E-state index < -0.39 is 0 Å². The van der Waals surface area contributed by atoms with E-state index in [1.807, 2.05) is 0 Å². The van der Waals surface area contributed by atoms with Gasteiger partial charge in [0.05, 0.1) is 17.9 Å². The average Bonchev–Trinajstić information content (AvgIpc) is 2.76. The van der Waals surface area contributed by atoms with Crippen molar-refractivity contribution in [2.45, 2.75) is 31.4 Å². The Morgan fingerprint density at radius 1 is 1.57 bits per heavy atom. The van der Waals surface area contributed by atoms with Crippen molar-refractivity contribution in [3.05, 3.63) is 23.7 Å². The summed E-state index contributed by atoms with van der Waals surface area (Å²) in [4.78, 5) is 0. The summed E-state index contributed by atoms with van der Waals surface area (Å²) < 4.78 is 11.2. The van der Waals surface area contributed by atoms with E-state index in [2.05, 4.69) is 18.3 Å². The van der Waals surface area contributed by atoms with Crippen LogP contribution in [-0.2, 0) is 16.7 Å². The van der Waals surface area contributed by atoms with E-state index >= 15 is 0 Å². The van der Waals surface area contributed by atoms with Crippen molar-refractivity contribution >= 4 is 0 Å². The van der Waals surface area contributed by atoms with Gasteiger partial charge in [-0.1, -0.05) is 0 Å². The zero-order valence-corrected chi connectivity index (χ0v) is 8.38. The highest BCUT2D eigenvalue weighted by atomic mass is 16.5. The predicted molar refractivity (Wildman–Crippen MR) is 52.1 cm³/mol. The second kappa shape index (κ2) is 2.84. The Hall–Kier alpha value is -0.800. The second-order valence-corrected chi connectivity index (χ2v) is 4.17. The summed E-state index contributed by atoms with van der Waals surface area (Å²) in [6, 6.07) is 2.09. The van der Waals surface area contributed by atoms with Gasteiger partial charge in [-0.3, -0.25) is 0 Å². The minimum absolute atomic E-state index is 0.0284. The Balaban J connectivity index is 2.10. The van der Waals surface area contributed by atoms with Crippen LogP contribution in [-0.4, -0.2) is 19.3 Å². The summed E-state index contributed by atoms with van der Waals surface area (Å²) in [5.74, 6) is 1.14. The third-order valence-corrected chi connectivity index (χ3v) is 3.58. The Morgan fingerprint density at radius 2 is 2.50 bits per heavy atom. The number of ether oxygens (including phenoxy) is 1. The first-order valence-corrected chi connectivity index (χ1v) is 5.26. The van der Waals surface area contributed by atoms with Crippen LogP contribution in [0.25, 0.3) is 0 Å². The molecule has 2 unspecified atom stereocenters. The number of hydrogen-bond acceptors (Lipinski definition) is 3. The SMILES string of the molecule is CC1OCCC12NCCc1occc12. The second-order valence-electron chi connectivity index (χ2n) is 4.17. The molecule has 1 N–H and O–H groups in total. The van der Waals surface area contributed by atoms with Crippen molar-refractivity contribution in [2.24, 2.45) is 0 Å². The summed E-state index contributed by atoms with van der Waals surface area (Å²) in [5.41, 5.74) is 1.34. The van der Waals surface area contributed by atoms with Crippen LogP contribution in [0.15, 0.2) is 16.7 Å². The van der Waals surface area contributed by atoms with Gasteiger partial charge in [0.15, 0.2) is 0 Å². The molecule has 1 saturated heterocycles. The quantitative estimate of drug-likeness (QED) is 0.677. The summed E-state index contributed by atoms with van der Waals surface area (Å²) in [5, 5.41) is 3.60. The first-order valence-electron chi connectivity index (χ1n) is 5.26. The van der Waals surface area contributed by atoms with Crippen LogP contribution in [0.4, 0.5) is 0 Å². The van der Waals surface area contributed by atoms with Crippen LogP contribution in [0, 0.1) is 0 Å². The molecule has 76 valence electrons. The molecule has 3 rings (SSSR count). The van der Waals surface area contributed by atoms with E-state index in [0.717, 1.165) is 31.8 Å². The lowest BCUT2D eigenvalue weighted by Gasteiger charge is -2.36. The van der Waals surface area contributed by atoms with Gasteiger partial charge in [0, 0.05) is 25.1 Å². The average molecular weight is 193 g/mol. The molecule has 0 amide bonds. The molecule has 2 atom stereocenters. The fraction of sp³-hybridized carbons (Fsp3) is 0.636. The van der Waals surface area contributed by atoms with E-state index in [-0.39, 0.29) is 11.6 Å². The first kappa shape index (κ1) is 8.50. The Kier molecular flexibility index (Phi) is 1.73. The molecule has 0 saturated carbocycles. The van der Waals surface area contributed by atoms with E-state index in [1.54, 1.807) is 6.26 Å². The Bertz CT molecular complexity index is 347. The number of nitrogens with one attached hydrogen (secondary N) is 1. The minimum atomic E-state index is 0.0284. The predicted octanol–water partition coefficient (Wildman–Crippen LogP) is 1.43. The molecular formula is C11H15NO2. The zero-order chi connectivity index (χ0) is 9.60. The lowest BCUT2D eigenvalue weighted by Crippen LogP contribution is -2.51. The summed E-state index contributed by atoms with van der Waals surface area (Å²) in [6.07, 6.45) is 4.10. The lowest BCUT2D eigenvalue weighted by atomic mass is 9.81. The molecule has 1 aromatic heterocycles. The van der Waals surface area contributed by atoms with E-state index in [9.17, 15) is 0 Å². The van der Waals surface area contributed by atoms with Gasteiger partial charge in [-0.05, 0) is 19.4 Å². The molecule has 0 aliphatic carbocycles. The van der Waals surface area contributed by atoms with Crippen molar-refractivity contribution < 1.29 is 9.15 Å². The maximum absolute atomic E-state index is 5.67. The molecule has 3 nitrogen and oxygen atoms in total. The lowest BCUT2D eigenvalue weighted by molar-refractivity contribution is 0.0785. The molecule has 1 fully saturated rings. The Labute approximate surface area is 83.4 Å². The van der Waals surface area contributed by atoms with E-state index in [0.29, 0.717) is 0 Å². The zero-order valence-electron chi connectivity index (χ0n) is 8.38. The molecule has 3 heterocycles. The molecule has 1 aromatic rings. The molecule has 0 aromatic carbocycles. The van der Waals surface area contributed by atoms with Gasteiger partial charge in [-0.25, -0.2) is 0 Å². The normalized spacial score (nSPS) is 36.2. The van der Waals surface area contributed by atoms with E-state index in [4.69, 9.17) is 9.15 Å². The molecule has 2 aliphatic rings. The van der Waals surface area contributed by atoms with Crippen LogP contribution in [0.1, 0.15) is 24.7 Å². The monoisotopic (exact) mass is 193 g/mol. The summed E-state index contributed by atoms with van der Waals surface area (Å²) >= 11 is 0. The fourth-order valence-electron chi connectivity index (χ4n) is 2.75. The van der Waals surface area contributed by atoms with Gasteiger partial charge >= 0.3 is 0 Å². The van der Waals surface area contributed by atoms with Crippen LogP contribution < -0.4 is 5.32 Å². The highest BCUT2D eigenvalue weighted by molar-refractivity contribution is 5.32. The molecule has 0 bridgehead atoms. The fourth-order valence-corrected chi connectivity index (χ4v) is 2.75. The van der Waals surface area contributed by atoms with Crippen LogP contribution >= 0.6 is 0 Å². The Morgan fingerprint density at radius 3 is 3.29 bits per heavy atom. The topological polar surface area (TPSA) is 34.4 Å². The van der Waals surface area contributed by atoms with Crippen LogP contribution in [0.5, 0.6) is 0 Å². The third-order valence-electron chi connectivity index (χ3n) is 3.58. The molecule has 2 aliphatic heterocycles. The third kappa shape index (κ3) is 0.940. The first-order chi connectivity index (χ1) is 6.83. The highest BCUT2D eigenvalue weighted by Gasteiger charge is 2.46. The largest absolute Gasteiger partial charge is 0.469 e. The molecule has 14 heavy (non-hydrogen) atoms. The number of fused-ring (bicyclic) bond motifs is 2. The summed E-state index contributed by atoms with van der Waals surface area (Å²) in [6.45, 7) is 3.98. The standard InChI is InChI=1S/C11H15NO2/c1-8-11(4-7-13-8)9-3-6-14-10(9)2-5-12-11/h3,6,8,12H,2,4-5,7H2,1H3. The van der Waals surface area contributed by atoms with E-state index in [1.165, 1.54) is 5.56 Å². The maximum atomic E-state index is 5.67. The molecular weight excluding hydrogens is 178 g/mol. The highest BCUT2D eigenvalue weighted by Crippen LogP contribution is 2.40. The van der Waals surface area contributed by atoms with Crippen molar-refractivity contribution in [2.75, 3.05) is 13.2 Å². The number of furan rings is 1. The van der Waals surface area contributed by atoms with Gasteiger partial charge in [-0.15, -0.1) is 0 Å².